The highest BCUT2D eigenvalue weighted by molar-refractivity contribution is 7.57. The van der Waals surface area contributed by atoms with Crippen LogP contribution in [0.3, 0.4) is 0 Å². The number of Topliss-reactive ketones (excluding diaryl/α,β-unsaturated/α-hetero) is 3. The zero-order chi connectivity index (χ0) is 52.1. The van der Waals surface area contributed by atoms with E-state index in [4.69, 9.17) is 28.2 Å². The summed E-state index contributed by atoms with van der Waals surface area (Å²) in [6, 6.07) is -1.15. The minimum absolute atomic E-state index is 0.0139. The minimum atomic E-state index is -2.75. The van der Waals surface area contributed by atoms with Gasteiger partial charge in [0.1, 0.15) is 30.1 Å². The standard InChI is InChI=1S/C54H86NO14P/c1-33-18-14-13-15-19-34(2)45(64-8)31-41-25-22-39(7)54(62,68-41)51(59)52(60)55-27-17-16-20-42(55)53(61)67-46(35(3)21-23-40-24-26-44(47(30-40)65-9)69-70(11,12)63)32-43(56)36(4)29-38(6)49(58)50(66-10)48(57)37(5)28-33/h13-15,18-19,29,33,35-37,39-42,44-47,49-50,58,62H,16-17,20-28,30-32H2,1-12H3/b15-13+,18-14+,34-19+,38-29+/t33-,35-,36-,37-,39-,40-,41+,42+,44-,45+,46+,47-,49-,50+,54-/m1/s1. The minimum Gasteiger partial charge on any atom is -0.460 e. The smallest absolute Gasteiger partial charge is 0.329 e. The second-order valence-corrected chi connectivity index (χ2v) is 24.0. The molecule has 2 bridgehead atoms. The zero-order valence-corrected chi connectivity index (χ0v) is 45.0. The molecule has 2 saturated heterocycles. The van der Waals surface area contributed by atoms with Crippen LogP contribution in [0.1, 0.15) is 132 Å². The van der Waals surface area contributed by atoms with Crippen LogP contribution in [0.25, 0.3) is 0 Å². The quantitative estimate of drug-likeness (QED) is 0.0970. The van der Waals surface area contributed by atoms with E-state index < -0.39 is 85.1 Å². The molecule has 3 aliphatic heterocycles. The molecule has 3 heterocycles. The molecule has 4 aliphatic rings. The molecule has 1 aliphatic carbocycles. The van der Waals surface area contributed by atoms with Crippen molar-refractivity contribution in [2.75, 3.05) is 41.2 Å². The first-order valence-electron chi connectivity index (χ1n) is 25.7. The van der Waals surface area contributed by atoms with E-state index in [1.807, 2.05) is 58.1 Å². The fraction of sp³-hybridized carbons (Fsp3) is 0.759. The van der Waals surface area contributed by atoms with Crippen LogP contribution in [0.5, 0.6) is 0 Å². The first kappa shape index (κ1) is 59.4. The van der Waals surface area contributed by atoms with Gasteiger partial charge in [-0.1, -0.05) is 71.1 Å². The molecule has 0 unspecified atom stereocenters. The Kier molecular flexibility index (Phi) is 23.1. The number of ketones is 3. The average Bonchev–Trinajstić information content (AvgIpc) is 3.32. The summed E-state index contributed by atoms with van der Waals surface area (Å²) >= 11 is 0. The Morgan fingerprint density at radius 1 is 0.857 bits per heavy atom. The first-order valence-corrected chi connectivity index (χ1v) is 28.2. The predicted molar refractivity (Wildman–Crippen MR) is 268 cm³/mol. The molecule has 0 radical (unpaired) electrons. The van der Waals surface area contributed by atoms with Crippen molar-refractivity contribution in [1.82, 2.24) is 4.90 Å². The second kappa shape index (κ2) is 27.2. The van der Waals surface area contributed by atoms with Crippen molar-refractivity contribution < 1.29 is 67.0 Å². The SMILES string of the molecule is CO[C@H]1C[C@@H]2CC[C@@H](C)[C@@](O)(O2)C(=O)C(=O)N2CCCC[C@H]2C(=O)O[C@H]([C@H](C)CC[C@@H]2CC[C@@H](OP(C)(C)=O)[C@H](OC)C2)CC(=O)[C@H](C)/C=C(\C)[C@@H](O)[C@@H](OC)C(=O)[C@H](C)C[C@H](C)/C=C/C=C/C=C/1C. The molecule has 0 spiro atoms. The number of aliphatic hydroxyl groups is 2. The number of esters is 1. The van der Waals surface area contributed by atoms with Crippen LogP contribution < -0.4 is 0 Å². The molecule has 16 heteroatoms. The van der Waals surface area contributed by atoms with Gasteiger partial charge < -0.3 is 43.3 Å². The van der Waals surface area contributed by atoms with Gasteiger partial charge in [0.05, 0.1) is 24.4 Å². The van der Waals surface area contributed by atoms with E-state index >= 15 is 0 Å². The Morgan fingerprint density at radius 2 is 1.57 bits per heavy atom. The number of piperidine rings is 1. The molecule has 15 nitrogen and oxygen atoms in total. The third-order valence-electron chi connectivity index (χ3n) is 15.2. The highest BCUT2D eigenvalue weighted by atomic mass is 31.2. The summed E-state index contributed by atoms with van der Waals surface area (Å²) in [5.74, 6) is -7.88. The number of allylic oxidation sites excluding steroid dienone is 6. The van der Waals surface area contributed by atoms with Crippen molar-refractivity contribution in [3.05, 3.63) is 47.6 Å². The van der Waals surface area contributed by atoms with Crippen molar-refractivity contribution in [3.63, 3.8) is 0 Å². The summed E-state index contributed by atoms with van der Waals surface area (Å²) in [5, 5.41) is 23.5. The molecule has 1 amide bonds. The number of cyclic esters (lactones) is 1. The van der Waals surface area contributed by atoms with Crippen LogP contribution >= 0.6 is 7.37 Å². The molecule has 0 aromatic carbocycles. The summed E-state index contributed by atoms with van der Waals surface area (Å²) in [5.41, 5.74) is 1.26. The number of carbonyl (C=O) groups is 5. The first-order chi connectivity index (χ1) is 32.9. The number of rotatable bonds is 9. The summed E-state index contributed by atoms with van der Waals surface area (Å²) in [6.07, 6.45) is 12.6. The van der Waals surface area contributed by atoms with Gasteiger partial charge in [0.15, 0.2) is 13.2 Å². The van der Waals surface area contributed by atoms with Crippen LogP contribution in [0, 0.1) is 35.5 Å². The van der Waals surface area contributed by atoms with Gasteiger partial charge in [0.25, 0.3) is 11.7 Å². The molecule has 2 N–H and O–H groups in total. The number of hydrogen-bond donors (Lipinski definition) is 2. The monoisotopic (exact) mass is 1000 g/mol. The van der Waals surface area contributed by atoms with Crippen molar-refractivity contribution in [1.29, 1.82) is 0 Å². The summed E-state index contributed by atoms with van der Waals surface area (Å²) in [7, 11) is 1.83. The molecule has 396 valence electrons. The number of amides is 1. The number of carbonyl (C=O) groups excluding carboxylic acids is 5. The van der Waals surface area contributed by atoms with E-state index in [9.17, 15) is 38.8 Å². The second-order valence-electron chi connectivity index (χ2n) is 21.3. The Morgan fingerprint density at radius 3 is 2.23 bits per heavy atom. The van der Waals surface area contributed by atoms with Crippen LogP contribution in [-0.4, -0.2) is 140 Å². The van der Waals surface area contributed by atoms with Crippen molar-refractivity contribution in [3.8, 4) is 0 Å². The van der Waals surface area contributed by atoms with E-state index in [0.29, 0.717) is 63.4 Å². The third-order valence-corrected chi connectivity index (χ3v) is 15.9. The van der Waals surface area contributed by atoms with E-state index in [0.717, 1.165) is 18.4 Å². The Hall–Kier alpha value is -3.14. The maximum atomic E-state index is 14.5. The number of hydrogen-bond acceptors (Lipinski definition) is 14. The van der Waals surface area contributed by atoms with Crippen LogP contribution in [0.4, 0.5) is 0 Å². The highest BCUT2D eigenvalue weighted by Gasteiger charge is 2.53. The number of methoxy groups -OCH3 is 3. The number of fused-ring (bicyclic) bond motifs is 3. The van der Waals surface area contributed by atoms with E-state index in [-0.39, 0.29) is 60.9 Å². The molecular weight excluding hydrogens is 918 g/mol. The molecule has 0 aromatic heterocycles. The van der Waals surface area contributed by atoms with Gasteiger partial charge in [-0.05, 0) is 113 Å². The molecule has 0 aromatic rings. The average molecular weight is 1000 g/mol. The van der Waals surface area contributed by atoms with Gasteiger partial charge in [-0.25, -0.2) is 4.79 Å². The van der Waals surface area contributed by atoms with Gasteiger partial charge in [-0.3, -0.25) is 23.7 Å². The van der Waals surface area contributed by atoms with E-state index in [1.165, 1.54) is 12.0 Å². The lowest BCUT2D eigenvalue weighted by Gasteiger charge is -2.42. The Balaban J connectivity index is 1.68. The van der Waals surface area contributed by atoms with Crippen LogP contribution in [-0.2, 0) is 56.7 Å². The summed E-state index contributed by atoms with van der Waals surface area (Å²) in [6.45, 7) is 16.0. The number of nitrogens with zero attached hydrogens (tertiary/aromatic N) is 1. The van der Waals surface area contributed by atoms with E-state index in [2.05, 4.69) is 0 Å². The lowest BCUT2D eigenvalue weighted by molar-refractivity contribution is -0.265. The maximum Gasteiger partial charge on any atom is 0.329 e. The molecule has 15 atom stereocenters. The molecule has 3 fully saturated rings. The lowest BCUT2D eigenvalue weighted by Crippen LogP contribution is -2.61. The van der Waals surface area contributed by atoms with Gasteiger partial charge >= 0.3 is 5.97 Å². The highest BCUT2D eigenvalue weighted by Crippen LogP contribution is 2.44. The molecule has 4 rings (SSSR count). The molecule has 70 heavy (non-hydrogen) atoms. The van der Waals surface area contributed by atoms with Crippen molar-refractivity contribution in [2.45, 2.75) is 186 Å². The number of aliphatic hydroxyl groups excluding tert-OH is 1. The molecule has 1 saturated carbocycles. The zero-order valence-electron chi connectivity index (χ0n) is 44.1. The van der Waals surface area contributed by atoms with Gasteiger partial charge in [0.2, 0.25) is 5.79 Å². The summed E-state index contributed by atoms with van der Waals surface area (Å²) < 4.78 is 48.1. The third kappa shape index (κ3) is 16.4. The van der Waals surface area contributed by atoms with Gasteiger partial charge in [-0.2, -0.15) is 0 Å². The van der Waals surface area contributed by atoms with Crippen molar-refractivity contribution >= 4 is 36.6 Å². The van der Waals surface area contributed by atoms with Crippen LogP contribution in [0.2, 0.25) is 0 Å². The fourth-order valence-electron chi connectivity index (χ4n) is 10.6. The van der Waals surface area contributed by atoms with Gasteiger partial charge in [-0.15, -0.1) is 0 Å². The Bertz CT molecular complexity index is 1960. The van der Waals surface area contributed by atoms with Crippen molar-refractivity contribution in [2.24, 2.45) is 35.5 Å². The fourth-order valence-corrected chi connectivity index (χ4v) is 11.5. The van der Waals surface area contributed by atoms with Gasteiger partial charge in [0, 0.05) is 71.8 Å². The predicted octanol–water partition coefficient (Wildman–Crippen LogP) is 8.13. The largest absolute Gasteiger partial charge is 0.460 e. The Labute approximate surface area is 418 Å². The maximum absolute atomic E-state index is 14.5. The lowest BCUT2D eigenvalue weighted by atomic mass is 9.80. The van der Waals surface area contributed by atoms with E-state index in [1.54, 1.807) is 54.4 Å². The molecular formula is C54H86NO14P. The topological polar surface area (TPSA) is 201 Å². The summed E-state index contributed by atoms with van der Waals surface area (Å²) in [4.78, 5) is 72.2. The van der Waals surface area contributed by atoms with Crippen LogP contribution in [0.15, 0.2) is 47.6 Å². The normalized spacial score (nSPS) is 38.6. The number of ether oxygens (including phenoxy) is 5.